The molecule has 0 aliphatic carbocycles. The topological polar surface area (TPSA) is 26.0 Å². The van der Waals surface area contributed by atoms with Gasteiger partial charge in [-0.3, -0.25) is 0 Å². The highest BCUT2D eigenvalue weighted by atomic mass is 35.5. The first-order valence-corrected chi connectivity index (χ1v) is 3.91. The highest BCUT2D eigenvalue weighted by Gasteiger charge is 1.90. The fourth-order valence-corrected chi connectivity index (χ4v) is 0.926. The summed E-state index contributed by atoms with van der Waals surface area (Å²) in [6.45, 7) is -0.00711. The predicted octanol–water partition coefficient (Wildman–Crippen LogP) is 2.46. The second-order valence-corrected chi connectivity index (χ2v) is 2.54. The lowest BCUT2D eigenvalue weighted by Gasteiger charge is -1.94. The van der Waals surface area contributed by atoms with Gasteiger partial charge in [0.15, 0.2) is 0 Å². The van der Waals surface area contributed by atoms with E-state index in [1.807, 2.05) is 30.3 Å². The van der Waals surface area contributed by atoms with Gasteiger partial charge in [0.25, 0.3) is 0 Å². The van der Waals surface area contributed by atoms with Crippen molar-refractivity contribution in [3.05, 3.63) is 47.8 Å². The average molecular weight is 202 g/mol. The molecular formula is C10H13ClFN. The van der Waals surface area contributed by atoms with E-state index in [-0.39, 0.29) is 24.8 Å². The van der Waals surface area contributed by atoms with E-state index in [1.165, 1.54) is 6.08 Å². The minimum Gasteiger partial charge on any atom is -0.325 e. The van der Waals surface area contributed by atoms with Gasteiger partial charge in [0.05, 0.1) is 0 Å². The molecule has 0 aromatic heterocycles. The maximum atomic E-state index is 12.6. The highest BCUT2D eigenvalue weighted by Crippen LogP contribution is 2.02. The Morgan fingerprint density at radius 1 is 1.31 bits per heavy atom. The standard InChI is InChI=1S/C10H12FN.ClH/c11-10(8-12)7-6-9-4-2-1-3-5-9;/h1-5,7H,6,8,12H2;1H/b10-7-;. The van der Waals surface area contributed by atoms with Crippen LogP contribution in [0.1, 0.15) is 5.56 Å². The summed E-state index contributed by atoms with van der Waals surface area (Å²) in [5.41, 5.74) is 6.19. The molecule has 0 unspecified atom stereocenters. The molecule has 0 aliphatic rings. The molecule has 0 atom stereocenters. The molecule has 2 N–H and O–H groups in total. The molecule has 0 heterocycles. The lowest BCUT2D eigenvalue weighted by molar-refractivity contribution is 0.614. The molecular weight excluding hydrogens is 189 g/mol. The number of rotatable bonds is 3. The Balaban J connectivity index is 0.00000144. The van der Waals surface area contributed by atoms with Crippen molar-refractivity contribution in [2.75, 3.05) is 6.54 Å². The molecule has 13 heavy (non-hydrogen) atoms. The van der Waals surface area contributed by atoms with Crippen LogP contribution in [0.4, 0.5) is 4.39 Å². The average Bonchev–Trinajstić information content (AvgIpc) is 2.16. The lowest BCUT2D eigenvalue weighted by Crippen LogP contribution is -1.98. The zero-order valence-corrected chi connectivity index (χ0v) is 8.06. The minimum atomic E-state index is -0.251. The summed E-state index contributed by atoms with van der Waals surface area (Å²) in [4.78, 5) is 0. The van der Waals surface area contributed by atoms with Gasteiger partial charge >= 0.3 is 0 Å². The van der Waals surface area contributed by atoms with Gasteiger partial charge in [-0.1, -0.05) is 30.3 Å². The largest absolute Gasteiger partial charge is 0.325 e. The Bertz CT molecular complexity index is 259. The van der Waals surface area contributed by atoms with Crippen LogP contribution < -0.4 is 5.73 Å². The van der Waals surface area contributed by atoms with E-state index < -0.39 is 0 Å². The summed E-state index contributed by atoms with van der Waals surface area (Å²) in [5.74, 6) is -0.251. The van der Waals surface area contributed by atoms with Gasteiger partial charge in [-0.25, -0.2) is 4.39 Å². The van der Waals surface area contributed by atoms with Crippen molar-refractivity contribution in [3.63, 3.8) is 0 Å². The molecule has 0 saturated heterocycles. The molecule has 3 heteroatoms. The van der Waals surface area contributed by atoms with Gasteiger partial charge < -0.3 is 5.73 Å². The number of hydrogen-bond acceptors (Lipinski definition) is 1. The van der Waals surface area contributed by atoms with Crippen LogP contribution in [0.5, 0.6) is 0 Å². The Labute approximate surface area is 83.9 Å². The summed E-state index contributed by atoms with van der Waals surface area (Å²) < 4.78 is 12.6. The molecule has 1 aromatic carbocycles. The fourth-order valence-electron chi connectivity index (χ4n) is 0.926. The maximum Gasteiger partial charge on any atom is 0.110 e. The second-order valence-electron chi connectivity index (χ2n) is 2.54. The van der Waals surface area contributed by atoms with E-state index in [1.54, 1.807) is 0 Å². The first kappa shape index (κ1) is 12.1. The zero-order chi connectivity index (χ0) is 8.81. The van der Waals surface area contributed by atoms with Crippen LogP contribution in [0, 0.1) is 0 Å². The molecule has 0 fully saturated rings. The quantitative estimate of drug-likeness (QED) is 0.799. The third kappa shape index (κ3) is 4.65. The maximum absolute atomic E-state index is 12.6. The molecule has 0 radical (unpaired) electrons. The molecule has 0 aliphatic heterocycles. The van der Waals surface area contributed by atoms with Gasteiger partial charge in [0.2, 0.25) is 0 Å². The van der Waals surface area contributed by atoms with Crippen molar-refractivity contribution in [1.82, 2.24) is 0 Å². The van der Waals surface area contributed by atoms with Gasteiger partial charge in [0, 0.05) is 6.54 Å². The van der Waals surface area contributed by atoms with Crippen LogP contribution in [-0.2, 0) is 6.42 Å². The van der Waals surface area contributed by atoms with E-state index in [0.29, 0.717) is 6.42 Å². The SMILES string of the molecule is Cl.NC/C(F)=C/Cc1ccccc1. The van der Waals surface area contributed by atoms with Crippen LogP contribution in [-0.4, -0.2) is 6.54 Å². The van der Waals surface area contributed by atoms with Crippen molar-refractivity contribution >= 4 is 12.4 Å². The third-order valence-corrected chi connectivity index (χ3v) is 1.60. The number of allylic oxidation sites excluding steroid dienone is 1. The van der Waals surface area contributed by atoms with Crippen LogP contribution in [0.3, 0.4) is 0 Å². The van der Waals surface area contributed by atoms with E-state index in [2.05, 4.69) is 0 Å². The molecule has 0 bridgehead atoms. The molecule has 0 spiro atoms. The van der Waals surface area contributed by atoms with Gasteiger partial charge in [-0.05, 0) is 18.1 Å². The van der Waals surface area contributed by atoms with E-state index >= 15 is 0 Å². The van der Waals surface area contributed by atoms with Gasteiger partial charge in [-0.15, -0.1) is 12.4 Å². The summed E-state index contributed by atoms with van der Waals surface area (Å²) >= 11 is 0. The van der Waals surface area contributed by atoms with E-state index in [4.69, 9.17) is 5.73 Å². The fraction of sp³-hybridized carbons (Fsp3) is 0.200. The first-order chi connectivity index (χ1) is 5.83. The third-order valence-electron chi connectivity index (χ3n) is 1.60. The van der Waals surface area contributed by atoms with Crippen LogP contribution in [0.15, 0.2) is 42.2 Å². The Morgan fingerprint density at radius 3 is 2.46 bits per heavy atom. The van der Waals surface area contributed by atoms with Crippen molar-refractivity contribution in [3.8, 4) is 0 Å². The molecule has 72 valence electrons. The van der Waals surface area contributed by atoms with E-state index in [9.17, 15) is 4.39 Å². The molecule has 1 aromatic rings. The Hall–Kier alpha value is -0.860. The van der Waals surface area contributed by atoms with Gasteiger partial charge in [0.1, 0.15) is 5.83 Å². The van der Waals surface area contributed by atoms with Crippen LogP contribution in [0.25, 0.3) is 0 Å². The molecule has 1 rings (SSSR count). The Kier molecular flexibility index (Phi) is 6.20. The van der Waals surface area contributed by atoms with Crippen molar-refractivity contribution in [2.24, 2.45) is 5.73 Å². The highest BCUT2D eigenvalue weighted by molar-refractivity contribution is 5.85. The zero-order valence-electron chi connectivity index (χ0n) is 7.24. The summed E-state index contributed by atoms with van der Waals surface area (Å²) in [6.07, 6.45) is 2.12. The van der Waals surface area contributed by atoms with Crippen molar-refractivity contribution in [2.45, 2.75) is 6.42 Å². The number of nitrogens with two attached hydrogens (primary N) is 1. The van der Waals surface area contributed by atoms with E-state index in [0.717, 1.165) is 5.56 Å². The summed E-state index contributed by atoms with van der Waals surface area (Å²) in [7, 11) is 0. The Morgan fingerprint density at radius 2 is 1.92 bits per heavy atom. The smallest absolute Gasteiger partial charge is 0.110 e. The first-order valence-electron chi connectivity index (χ1n) is 3.91. The number of halogens is 2. The van der Waals surface area contributed by atoms with Crippen molar-refractivity contribution in [1.29, 1.82) is 0 Å². The number of hydrogen-bond donors (Lipinski definition) is 1. The molecule has 1 nitrogen and oxygen atoms in total. The van der Waals surface area contributed by atoms with Crippen molar-refractivity contribution < 1.29 is 4.39 Å². The minimum absolute atomic E-state index is 0. The summed E-state index contributed by atoms with van der Waals surface area (Å²) in [5, 5.41) is 0. The molecule has 0 saturated carbocycles. The van der Waals surface area contributed by atoms with Gasteiger partial charge in [-0.2, -0.15) is 0 Å². The van der Waals surface area contributed by atoms with Crippen LogP contribution >= 0.6 is 12.4 Å². The molecule has 0 amide bonds. The second kappa shape index (κ2) is 6.63. The number of benzene rings is 1. The predicted molar refractivity (Wildman–Crippen MR) is 55.6 cm³/mol. The lowest BCUT2D eigenvalue weighted by atomic mass is 10.1. The summed E-state index contributed by atoms with van der Waals surface area (Å²) in [6, 6.07) is 9.72. The van der Waals surface area contributed by atoms with Crippen LogP contribution in [0.2, 0.25) is 0 Å². The normalized spacial score (nSPS) is 10.8. The monoisotopic (exact) mass is 201 g/mol.